The molecular formula is C18H20Cl2N2O5. The van der Waals surface area contributed by atoms with Crippen LogP contribution in [0.25, 0.3) is 6.08 Å². The van der Waals surface area contributed by atoms with Crippen molar-refractivity contribution >= 4 is 47.2 Å². The number of rotatable bonds is 5. The van der Waals surface area contributed by atoms with Gasteiger partial charge < -0.3 is 19.3 Å². The van der Waals surface area contributed by atoms with Crippen LogP contribution in [0.1, 0.15) is 12.5 Å². The van der Waals surface area contributed by atoms with Crippen LogP contribution in [0, 0.1) is 0 Å². The van der Waals surface area contributed by atoms with Gasteiger partial charge in [0, 0.05) is 32.3 Å². The molecule has 0 saturated carbocycles. The van der Waals surface area contributed by atoms with Gasteiger partial charge in [-0.1, -0.05) is 29.3 Å². The number of esters is 1. The summed E-state index contributed by atoms with van der Waals surface area (Å²) in [5.41, 5.74) is 0.683. The number of halogens is 2. The van der Waals surface area contributed by atoms with Crippen molar-refractivity contribution in [3.63, 3.8) is 0 Å². The summed E-state index contributed by atoms with van der Waals surface area (Å²) in [4.78, 5) is 38.6. The molecular weight excluding hydrogens is 395 g/mol. The Hall–Kier alpha value is -2.25. The fourth-order valence-corrected chi connectivity index (χ4v) is 2.71. The van der Waals surface area contributed by atoms with Gasteiger partial charge in [-0.05, 0) is 30.7 Å². The van der Waals surface area contributed by atoms with Crippen LogP contribution < -0.4 is 0 Å². The Bertz CT molecular complexity index is 730. The van der Waals surface area contributed by atoms with E-state index in [1.807, 2.05) is 0 Å². The zero-order valence-corrected chi connectivity index (χ0v) is 16.3. The van der Waals surface area contributed by atoms with E-state index in [2.05, 4.69) is 0 Å². The van der Waals surface area contributed by atoms with Gasteiger partial charge in [0.15, 0.2) is 6.61 Å². The average Bonchev–Trinajstić information content (AvgIpc) is 2.67. The second-order valence-electron chi connectivity index (χ2n) is 5.68. The lowest BCUT2D eigenvalue weighted by atomic mass is 10.2. The Balaban J connectivity index is 1.75. The van der Waals surface area contributed by atoms with E-state index < -0.39 is 5.97 Å². The molecule has 0 atom stereocenters. The number of piperazine rings is 1. The van der Waals surface area contributed by atoms with Crippen molar-refractivity contribution < 1.29 is 23.9 Å². The highest BCUT2D eigenvalue weighted by molar-refractivity contribution is 6.42. The molecule has 0 unspecified atom stereocenters. The van der Waals surface area contributed by atoms with Crippen LogP contribution >= 0.6 is 23.2 Å². The summed E-state index contributed by atoms with van der Waals surface area (Å²) in [5.74, 6) is -0.950. The maximum atomic E-state index is 12.1. The van der Waals surface area contributed by atoms with Gasteiger partial charge >= 0.3 is 12.1 Å². The van der Waals surface area contributed by atoms with Gasteiger partial charge in [-0.25, -0.2) is 9.59 Å². The second-order valence-corrected chi connectivity index (χ2v) is 6.50. The van der Waals surface area contributed by atoms with E-state index in [0.717, 1.165) is 0 Å². The number of carbonyl (C=O) groups is 3. The van der Waals surface area contributed by atoms with Gasteiger partial charge in [-0.3, -0.25) is 4.79 Å². The van der Waals surface area contributed by atoms with Gasteiger partial charge in [0.2, 0.25) is 0 Å². The molecule has 9 heteroatoms. The van der Waals surface area contributed by atoms with E-state index >= 15 is 0 Å². The molecule has 0 aliphatic carbocycles. The largest absolute Gasteiger partial charge is 0.452 e. The van der Waals surface area contributed by atoms with Crippen molar-refractivity contribution in [2.24, 2.45) is 0 Å². The minimum absolute atomic E-state index is 0.309. The topological polar surface area (TPSA) is 76.2 Å². The second kappa shape index (κ2) is 10.2. The highest BCUT2D eigenvalue weighted by atomic mass is 35.5. The Morgan fingerprint density at radius 3 is 2.33 bits per heavy atom. The monoisotopic (exact) mass is 414 g/mol. The minimum atomic E-state index is -0.639. The third kappa shape index (κ3) is 6.45. The van der Waals surface area contributed by atoms with Gasteiger partial charge in [-0.15, -0.1) is 0 Å². The molecule has 1 saturated heterocycles. The molecule has 0 aromatic heterocycles. The first-order chi connectivity index (χ1) is 12.9. The van der Waals surface area contributed by atoms with Crippen molar-refractivity contribution in [2.45, 2.75) is 6.92 Å². The number of amides is 2. The molecule has 1 heterocycles. The lowest BCUT2D eigenvalue weighted by Crippen LogP contribution is -2.51. The molecule has 146 valence electrons. The molecule has 0 radical (unpaired) electrons. The Morgan fingerprint density at radius 2 is 1.70 bits per heavy atom. The molecule has 2 rings (SSSR count). The maximum Gasteiger partial charge on any atom is 0.409 e. The molecule has 0 N–H and O–H groups in total. The lowest BCUT2D eigenvalue weighted by molar-refractivity contribution is -0.148. The number of nitrogens with zero attached hydrogens (tertiary/aromatic N) is 2. The van der Waals surface area contributed by atoms with Crippen molar-refractivity contribution in [3.8, 4) is 0 Å². The van der Waals surface area contributed by atoms with Crippen molar-refractivity contribution in [3.05, 3.63) is 39.9 Å². The van der Waals surface area contributed by atoms with Crippen molar-refractivity contribution in [1.82, 2.24) is 9.80 Å². The van der Waals surface area contributed by atoms with Gasteiger partial charge in [0.1, 0.15) is 0 Å². The van der Waals surface area contributed by atoms with Crippen molar-refractivity contribution in [1.29, 1.82) is 0 Å². The smallest absolute Gasteiger partial charge is 0.409 e. The summed E-state index contributed by atoms with van der Waals surface area (Å²) in [6.07, 6.45) is 2.35. The summed E-state index contributed by atoms with van der Waals surface area (Å²) in [7, 11) is 0. The van der Waals surface area contributed by atoms with Crippen LogP contribution in [0.3, 0.4) is 0 Å². The first kappa shape index (κ1) is 21.1. The summed E-state index contributed by atoms with van der Waals surface area (Å²) in [6, 6.07) is 4.93. The van der Waals surface area contributed by atoms with Crippen LogP contribution in [0.5, 0.6) is 0 Å². The molecule has 1 aliphatic heterocycles. The van der Waals surface area contributed by atoms with E-state index in [1.54, 1.807) is 34.9 Å². The van der Waals surface area contributed by atoms with Crippen molar-refractivity contribution in [2.75, 3.05) is 39.4 Å². The standard InChI is InChI=1S/C18H20Cl2N2O5/c1-2-26-18(25)22-9-7-21(8-10-22)16(23)12-27-17(24)6-4-13-3-5-14(19)15(20)11-13/h3-6,11H,2,7-10,12H2,1H3/b6-4+. The Morgan fingerprint density at radius 1 is 1.04 bits per heavy atom. The Labute approximate surface area is 167 Å². The molecule has 27 heavy (non-hydrogen) atoms. The predicted molar refractivity (Wildman–Crippen MR) is 102 cm³/mol. The molecule has 1 fully saturated rings. The van der Waals surface area contributed by atoms with Gasteiger partial charge in [0.25, 0.3) is 5.91 Å². The summed E-state index contributed by atoms with van der Waals surface area (Å²) in [6.45, 7) is 3.20. The third-order valence-corrected chi connectivity index (χ3v) is 4.59. The van der Waals surface area contributed by atoms with Crippen LogP contribution in [0.4, 0.5) is 4.79 Å². The molecule has 1 aliphatic rings. The highest BCUT2D eigenvalue weighted by Crippen LogP contribution is 2.23. The quantitative estimate of drug-likeness (QED) is 0.546. The molecule has 1 aromatic rings. The van der Waals surface area contributed by atoms with Gasteiger partial charge in [-0.2, -0.15) is 0 Å². The van der Waals surface area contributed by atoms with E-state index in [9.17, 15) is 14.4 Å². The molecule has 1 aromatic carbocycles. The molecule has 7 nitrogen and oxygen atoms in total. The van der Waals surface area contributed by atoms with E-state index in [1.165, 1.54) is 12.2 Å². The van der Waals surface area contributed by atoms with Crippen LogP contribution in [-0.2, 0) is 19.1 Å². The fraction of sp³-hybridized carbons (Fsp3) is 0.389. The maximum absolute atomic E-state index is 12.1. The lowest BCUT2D eigenvalue weighted by Gasteiger charge is -2.33. The van der Waals surface area contributed by atoms with E-state index in [-0.39, 0.29) is 18.6 Å². The number of benzene rings is 1. The first-order valence-corrected chi connectivity index (χ1v) is 9.15. The third-order valence-electron chi connectivity index (χ3n) is 3.85. The summed E-state index contributed by atoms with van der Waals surface area (Å²) in [5, 5.41) is 0.800. The molecule has 2 amide bonds. The SMILES string of the molecule is CCOC(=O)N1CCN(C(=O)COC(=O)/C=C/c2ccc(Cl)c(Cl)c2)CC1. The number of hydrogen-bond acceptors (Lipinski definition) is 5. The van der Waals surface area contributed by atoms with Crippen LogP contribution in [-0.4, -0.2) is 67.2 Å². The van der Waals surface area contributed by atoms with E-state index in [4.69, 9.17) is 32.7 Å². The number of carbonyl (C=O) groups excluding carboxylic acids is 3. The zero-order valence-electron chi connectivity index (χ0n) is 14.8. The number of ether oxygens (including phenoxy) is 2. The zero-order chi connectivity index (χ0) is 19.8. The molecule has 0 bridgehead atoms. The van der Waals surface area contributed by atoms with Crippen LogP contribution in [0.2, 0.25) is 10.0 Å². The van der Waals surface area contributed by atoms with Crippen LogP contribution in [0.15, 0.2) is 24.3 Å². The fourth-order valence-electron chi connectivity index (χ4n) is 2.41. The Kier molecular flexibility index (Phi) is 7.94. The number of hydrogen-bond donors (Lipinski definition) is 0. The molecule has 0 spiro atoms. The average molecular weight is 415 g/mol. The minimum Gasteiger partial charge on any atom is -0.452 e. The first-order valence-electron chi connectivity index (χ1n) is 8.40. The summed E-state index contributed by atoms with van der Waals surface area (Å²) < 4.78 is 9.89. The van der Waals surface area contributed by atoms with E-state index in [0.29, 0.717) is 48.4 Å². The summed E-state index contributed by atoms with van der Waals surface area (Å²) >= 11 is 11.7. The highest BCUT2D eigenvalue weighted by Gasteiger charge is 2.25. The predicted octanol–water partition coefficient (Wildman–Crippen LogP) is 2.85. The normalized spacial score (nSPS) is 14.3. The van der Waals surface area contributed by atoms with Gasteiger partial charge in [0.05, 0.1) is 16.7 Å².